The van der Waals surface area contributed by atoms with Gasteiger partial charge in [-0.05, 0) is 101 Å². The Balaban J connectivity index is 1.46. The van der Waals surface area contributed by atoms with Gasteiger partial charge in [-0.3, -0.25) is 19.3 Å². The first-order chi connectivity index (χ1) is 18.2. The summed E-state index contributed by atoms with van der Waals surface area (Å²) in [6.07, 6.45) is 1.58. The average Bonchev–Trinajstić information content (AvgIpc) is 3.13. The van der Waals surface area contributed by atoms with Crippen LogP contribution in [-0.2, 0) is 16.2 Å². The molecule has 196 valence electrons. The fraction of sp³-hybridized carbons (Fsp3) is 0.148. The third-order valence-electron chi connectivity index (χ3n) is 5.30. The van der Waals surface area contributed by atoms with E-state index in [2.05, 4.69) is 27.9 Å². The van der Waals surface area contributed by atoms with Crippen molar-refractivity contribution in [2.45, 2.75) is 13.5 Å². The number of nitrogens with zero attached hydrogens (tertiary/aromatic N) is 1. The summed E-state index contributed by atoms with van der Waals surface area (Å²) in [6.45, 7) is 1.99. The quantitative estimate of drug-likeness (QED) is 0.189. The zero-order valence-electron chi connectivity index (χ0n) is 20.0. The molecular weight excluding hydrogens is 662 g/mol. The summed E-state index contributed by atoms with van der Waals surface area (Å²) in [5.41, 5.74) is 1.87. The van der Waals surface area contributed by atoms with Crippen molar-refractivity contribution < 1.29 is 23.9 Å². The maximum atomic E-state index is 12.9. The summed E-state index contributed by atoms with van der Waals surface area (Å²) in [7, 11) is 0. The molecule has 0 aliphatic carbocycles. The number of thioether (sulfide) groups is 1. The number of halogens is 3. The second kappa shape index (κ2) is 12.9. The van der Waals surface area contributed by atoms with E-state index < -0.39 is 17.1 Å². The minimum absolute atomic E-state index is 0.140. The lowest BCUT2D eigenvalue weighted by molar-refractivity contribution is -0.127. The van der Waals surface area contributed by atoms with Crippen LogP contribution in [0, 0.1) is 3.57 Å². The zero-order chi connectivity index (χ0) is 27.2. The average molecular weight is 683 g/mol. The van der Waals surface area contributed by atoms with Crippen LogP contribution in [0.2, 0.25) is 10.0 Å². The van der Waals surface area contributed by atoms with Gasteiger partial charge in [-0.2, -0.15) is 0 Å². The van der Waals surface area contributed by atoms with E-state index >= 15 is 0 Å². The van der Waals surface area contributed by atoms with Gasteiger partial charge in [0.2, 0.25) is 5.91 Å². The predicted molar refractivity (Wildman–Crippen MR) is 159 cm³/mol. The molecular formula is C27H21Cl2IN2O5S. The van der Waals surface area contributed by atoms with Crippen molar-refractivity contribution in [3.8, 4) is 11.5 Å². The molecule has 4 rings (SSSR count). The number of rotatable bonds is 9. The minimum Gasteiger partial charge on any atom is -0.490 e. The number of nitrogens with one attached hydrogen (secondary N) is 1. The first-order valence-corrected chi connectivity index (χ1v) is 14.0. The fourth-order valence-electron chi connectivity index (χ4n) is 3.49. The first-order valence-electron chi connectivity index (χ1n) is 11.4. The van der Waals surface area contributed by atoms with E-state index in [1.165, 1.54) is 0 Å². The van der Waals surface area contributed by atoms with Crippen molar-refractivity contribution in [1.29, 1.82) is 0 Å². The van der Waals surface area contributed by atoms with Crippen molar-refractivity contribution in [3.63, 3.8) is 0 Å². The number of imide groups is 1. The minimum atomic E-state index is -0.538. The Morgan fingerprint density at radius 2 is 1.74 bits per heavy atom. The molecule has 1 fully saturated rings. The maximum Gasteiger partial charge on any atom is 0.294 e. The lowest BCUT2D eigenvalue weighted by Crippen LogP contribution is -2.36. The summed E-state index contributed by atoms with van der Waals surface area (Å²) >= 11 is 15.4. The van der Waals surface area contributed by atoms with E-state index in [-0.39, 0.29) is 18.1 Å². The number of carbonyl (C=O) groups excluding carboxylic acids is 3. The van der Waals surface area contributed by atoms with Crippen LogP contribution in [0.3, 0.4) is 0 Å². The molecule has 0 bridgehead atoms. The molecule has 1 aliphatic heterocycles. The van der Waals surface area contributed by atoms with E-state index in [0.29, 0.717) is 45.0 Å². The molecule has 1 aliphatic rings. The zero-order valence-corrected chi connectivity index (χ0v) is 24.5. The molecule has 0 spiro atoms. The Bertz CT molecular complexity index is 1390. The van der Waals surface area contributed by atoms with E-state index in [4.69, 9.17) is 32.7 Å². The van der Waals surface area contributed by atoms with Crippen molar-refractivity contribution in [2.75, 3.05) is 18.5 Å². The molecule has 7 nitrogen and oxygen atoms in total. The van der Waals surface area contributed by atoms with Crippen LogP contribution in [0.1, 0.15) is 18.1 Å². The molecule has 1 saturated heterocycles. The molecule has 0 aromatic heterocycles. The third-order valence-corrected chi connectivity index (χ3v) is 7.64. The smallest absolute Gasteiger partial charge is 0.294 e. The Labute approximate surface area is 247 Å². The number of amides is 3. The molecule has 3 amide bonds. The number of hydrogen-bond donors (Lipinski definition) is 1. The lowest BCUT2D eigenvalue weighted by Gasteiger charge is -2.14. The summed E-state index contributed by atoms with van der Waals surface area (Å²) in [5.74, 6) is -0.0705. The molecule has 0 unspecified atom stereocenters. The third kappa shape index (κ3) is 7.02. The normalized spacial score (nSPS) is 14.2. The SMILES string of the molecule is CCOc1cc(/C=C2\SC(=O)N(CC(=O)Nc3ccc(I)cc3)C2=O)ccc1OCc1c(Cl)cccc1Cl. The molecule has 1 heterocycles. The van der Waals surface area contributed by atoms with Gasteiger partial charge in [0.25, 0.3) is 11.1 Å². The van der Waals surface area contributed by atoms with Gasteiger partial charge in [-0.25, -0.2) is 0 Å². The molecule has 3 aromatic carbocycles. The van der Waals surface area contributed by atoms with Crippen LogP contribution in [-0.4, -0.2) is 35.1 Å². The van der Waals surface area contributed by atoms with Crippen molar-refractivity contribution in [3.05, 3.63) is 90.3 Å². The molecule has 0 atom stereocenters. The van der Waals surface area contributed by atoms with Gasteiger partial charge in [0.05, 0.1) is 11.5 Å². The Morgan fingerprint density at radius 1 is 1.03 bits per heavy atom. The van der Waals surface area contributed by atoms with Gasteiger partial charge in [0.1, 0.15) is 13.2 Å². The van der Waals surface area contributed by atoms with E-state index in [9.17, 15) is 14.4 Å². The van der Waals surface area contributed by atoms with Gasteiger partial charge < -0.3 is 14.8 Å². The second-order valence-electron chi connectivity index (χ2n) is 7.95. The van der Waals surface area contributed by atoms with E-state index in [1.54, 1.807) is 54.6 Å². The van der Waals surface area contributed by atoms with Crippen LogP contribution in [0.25, 0.3) is 6.08 Å². The van der Waals surface area contributed by atoms with Crippen LogP contribution in [0.15, 0.2) is 65.6 Å². The molecule has 3 aromatic rings. The van der Waals surface area contributed by atoms with Crippen molar-refractivity contribution in [2.24, 2.45) is 0 Å². The monoisotopic (exact) mass is 682 g/mol. The largest absolute Gasteiger partial charge is 0.490 e. The standard InChI is InChI=1S/C27H21Cl2IN2O5S/c1-2-36-23-12-16(6-11-22(23)37-15-19-20(28)4-3-5-21(19)29)13-24-26(34)32(27(35)38-24)14-25(33)31-18-9-7-17(30)8-10-18/h3-13H,2,14-15H2,1H3,(H,31,33)/b24-13-. The van der Waals surface area contributed by atoms with Crippen molar-refractivity contribution in [1.82, 2.24) is 4.90 Å². The number of anilines is 1. The summed E-state index contributed by atoms with van der Waals surface area (Å²) in [6, 6.07) is 17.6. The van der Waals surface area contributed by atoms with Crippen molar-refractivity contribution >= 4 is 86.4 Å². The number of carbonyl (C=O) groups is 3. The highest BCUT2D eigenvalue weighted by molar-refractivity contribution is 14.1. The summed E-state index contributed by atoms with van der Waals surface area (Å²) in [4.78, 5) is 39.0. The maximum absolute atomic E-state index is 12.9. The number of hydrogen-bond acceptors (Lipinski definition) is 6. The van der Waals surface area contributed by atoms with Gasteiger partial charge in [0, 0.05) is 24.9 Å². The molecule has 1 N–H and O–H groups in total. The topological polar surface area (TPSA) is 84.9 Å². The summed E-state index contributed by atoms with van der Waals surface area (Å²) in [5, 5.41) is 3.17. The Hall–Kier alpha value is -2.73. The van der Waals surface area contributed by atoms with Gasteiger partial charge in [-0.15, -0.1) is 0 Å². The highest BCUT2D eigenvalue weighted by Crippen LogP contribution is 2.35. The lowest BCUT2D eigenvalue weighted by atomic mass is 10.1. The molecule has 0 saturated carbocycles. The van der Waals surface area contributed by atoms with Crippen LogP contribution in [0.4, 0.5) is 10.5 Å². The van der Waals surface area contributed by atoms with Crippen LogP contribution < -0.4 is 14.8 Å². The Morgan fingerprint density at radius 3 is 2.42 bits per heavy atom. The predicted octanol–water partition coefficient (Wildman–Crippen LogP) is 7.25. The van der Waals surface area contributed by atoms with E-state index in [1.807, 2.05) is 19.1 Å². The van der Waals surface area contributed by atoms with Gasteiger partial charge in [0.15, 0.2) is 11.5 Å². The van der Waals surface area contributed by atoms with Gasteiger partial charge in [-0.1, -0.05) is 35.3 Å². The molecule has 38 heavy (non-hydrogen) atoms. The fourth-order valence-corrected chi connectivity index (χ4v) is 5.19. The van der Waals surface area contributed by atoms with E-state index in [0.717, 1.165) is 20.2 Å². The summed E-state index contributed by atoms with van der Waals surface area (Å²) < 4.78 is 12.7. The first kappa shape index (κ1) is 28.3. The highest BCUT2D eigenvalue weighted by Gasteiger charge is 2.36. The molecule has 11 heteroatoms. The number of benzene rings is 3. The molecule has 0 radical (unpaired) electrons. The second-order valence-corrected chi connectivity index (χ2v) is 11.0. The Kier molecular flexibility index (Phi) is 9.59. The highest BCUT2D eigenvalue weighted by atomic mass is 127. The van der Waals surface area contributed by atoms with Crippen LogP contribution in [0.5, 0.6) is 11.5 Å². The van der Waals surface area contributed by atoms with Crippen LogP contribution >= 0.6 is 57.6 Å². The number of ether oxygens (including phenoxy) is 2. The van der Waals surface area contributed by atoms with Gasteiger partial charge >= 0.3 is 0 Å².